The fraction of sp³-hybridized carbons (Fsp3) is 0.165. The number of aromatic nitrogens is 1. The summed E-state index contributed by atoms with van der Waals surface area (Å²) in [7, 11) is 0. The van der Waals surface area contributed by atoms with Crippen LogP contribution in [-0.4, -0.2) is 72.9 Å². The lowest BCUT2D eigenvalue weighted by atomic mass is 9.98. The molecule has 0 saturated carbocycles. The van der Waals surface area contributed by atoms with Gasteiger partial charge >= 0.3 is 29.5 Å². The van der Waals surface area contributed by atoms with Gasteiger partial charge in [0, 0.05) is 53.0 Å². The number of para-hydroxylation sites is 1. The number of carbonyl (C=O) groups is 8. The van der Waals surface area contributed by atoms with Crippen LogP contribution in [0.15, 0.2) is 276 Å². The average molecular weight is 1660 g/mol. The van der Waals surface area contributed by atoms with Gasteiger partial charge in [-0.25, -0.2) is 33.3 Å². The van der Waals surface area contributed by atoms with Gasteiger partial charge in [-0.15, -0.1) is 0 Å². The third-order valence-corrected chi connectivity index (χ3v) is 19.3. The molecule has 0 saturated heterocycles. The molecule has 628 valence electrons. The van der Waals surface area contributed by atoms with Crippen molar-refractivity contribution in [2.45, 2.75) is 107 Å². The molecule has 4 amide bonds. The molecule has 13 aromatic rings. The lowest BCUT2D eigenvalue weighted by molar-refractivity contribution is -0.119. The molecule has 20 nitrogen and oxygen atoms in total. The largest absolute Gasteiger partial charge is 0.484 e. The van der Waals surface area contributed by atoms with E-state index in [2.05, 4.69) is 69.8 Å². The zero-order valence-electron chi connectivity index (χ0n) is 70.2. The first-order valence-electron chi connectivity index (χ1n) is 40.0. The van der Waals surface area contributed by atoms with E-state index in [0.717, 1.165) is 73.4 Å². The van der Waals surface area contributed by atoms with Crippen molar-refractivity contribution in [1.82, 2.24) is 4.98 Å². The van der Waals surface area contributed by atoms with Gasteiger partial charge < -0.3 is 50.8 Å². The summed E-state index contributed by atoms with van der Waals surface area (Å²) in [4.78, 5) is 109. The molecule has 0 bridgehead atoms. The van der Waals surface area contributed by atoms with Gasteiger partial charge in [-0.3, -0.25) is 19.2 Å². The molecule has 1 aromatic heterocycles. The first kappa shape index (κ1) is 92.3. The van der Waals surface area contributed by atoms with Gasteiger partial charge in [-0.05, 0) is 187 Å². The summed E-state index contributed by atoms with van der Waals surface area (Å²) in [6.07, 6.45) is 1.85. The van der Waals surface area contributed by atoms with Crippen molar-refractivity contribution >= 4 is 81.2 Å². The highest BCUT2D eigenvalue weighted by molar-refractivity contribution is 6.04. The van der Waals surface area contributed by atoms with E-state index in [0.29, 0.717) is 56.7 Å². The third-order valence-electron chi connectivity index (χ3n) is 19.3. The minimum atomic E-state index is -1.16. The van der Waals surface area contributed by atoms with Crippen molar-refractivity contribution in [3.8, 4) is 73.9 Å². The topological polar surface area (TPSA) is 318 Å². The Morgan fingerprint density at radius 1 is 0.403 bits per heavy atom. The predicted octanol–water partition coefficient (Wildman–Crippen LogP) is 22.0. The van der Waals surface area contributed by atoms with Crippen LogP contribution in [0, 0.1) is 56.2 Å². The van der Waals surface area contributed by atoms with Gasteiger partial charge in [0.25, 0.3) is 0 Å². The van der Waals surface area contributed by atoms with E-state index >= 15 is 0 Å². The molecule has 124 heavy (non-hydrogen) atoms. The summed E-state index contributed by atoms with van der Waals surface area (Å²) >= 11 is 0. The molecule has 13 rings (SSSR count). The van der Waals surface area contributed by atoms with Crippen LogP contribution in [-0.2, 0) is 25.8 Å². The number of hydrogen-bond acceptors (Lipinski definition) is 12. The Bertz CT molecular complexity index is 6220. The first-order chi connectivity index (χ1) is 59.5. The second kappa shape index (κ2) is 45.0. The van der Waals surface area contributed by atoms with Crippen LogP contribution in [0.5, 0.6) is 5.75 Å². The highest BCUT2D eigenvalue weighted by Gasteiger charge is 2.20. The molecule has 8 N–H and O–H groups in total. The number of amides is 4. The number of aryl methyl sites for hydroxylation is 3. The Kier molecular flexibility index (Phi) is 33.5. The zero-order chi connectivity index (χ0) is 89.5. The van der Waals surface area contributed by atoms with Crippen LogP contribution in [0.25, 0.3) is 55.4 Å². The molecular weight excluding hydrogens is 1570 g/mol. The van der Waals surface area contributed by atoms with E-state index in [-0.39, 0.29) is 106 Å². The minimum absolute atomic E-state index is 0.0275. The SMILES string of the molecule is CCC(=O)Nc1ccc(-c2ccc(-c3ccccc3)c(F)c2)cc1C(=O)O.CCC(=O)Nc1ccc(-c2ccc(-c3ccccc3)cc2)cc1C(=O)O.CCC(=O)Nc1ccc(C#Cc2ccc(C)cc2)cc1C(=O)O.CCC(C)c1ccccc1OCc1nc2ccc(C)cc2c(=O)o1.Cc1ccc(C#Cc2ccc(NC(=O)C(C)C)c(C(=O)O)c2)cc1. The van der Waals surface area contributed by atoms with Crippen molar-refractivity contribution in [3.63, 3.8) is 0 Å². The maximum atomic E-state index is 14.6. The number of rotatable bonds is 21. The number of nitrogens with zero attached hydrogens (tertiary/aromatic N) is 1. The smallest absolute Gasteiger partial charge is 0.346 e. The molecule has 0 spiro atoms. The molecule has 1 atom stereocenters. The molecule has 0 radical (unpaired) electrons. The van der Waals surface area contributed by atoms with Crippen molar-refractivity contribution in [1.29, 1.82) is 0 Å². The Balaban J connectivity index is 0.000000176. The summed E-state index contributed by atoms with van der Waals surface area (Å²) in [6, 6.07) is 80.1. The summed E-state index contributed by atoms with van der Waals surface area (Å²) in [5.41, 5.74) is 15.1. The fourth-order valence-electron chi connectivity index (χ4n) is 12.1. The van der Waals surface area contributed by atoms with E-state index < -0.39 is 23.9 Å². The molecule has 1 unspecified atom stereocenters. The van der Waals surface area contributed by atoms with E-state index in [9.17, 15) is 68.0 Å². The maximum Gasteiger partial charge on any atom is 0.346 e. The summed E-state index contributed by atoms with van der Waals surface area (Å²) in [5.74, 6) is 7.39. The van der Waals surface area contributed by atoms with E-state index in [4.69, 9.17) is 9.15 Å². The number of ether oxygens (including phenoxy) is 1. The molecule has 0 aliphatic rings. The van der Waals surface area contributed by atoms with Gasteiger partial charge in [-0.1, -0.05) is 247 Å². The highest BCUT2D eigenvalue weighted by atomic mass is 19.1. The Morgan fingerprint density at radius 2 is 0.774 bits per heavy atom. The van der Waals surface area contributed by atoms with Crippen LogP contribution in [0.4, 0.5) is 27.1 Å². The molecule has 0 aliphatic carbocycles. The second-order valence-electron chi connectivity index (χ2n) is 28.9. The maximum absolute atomic E-state index is 14.6. The molecule has 0 aliphatic heterocycles. The van der Waals surface area contributed by atoms with Crippen LogP contribution < -0.4 is 31.6 Å². The van der Waals surface area contributed by atoms with Crippen molar-refractivity contribution < 1.29 is 72.3 Å². The Morgan fingerprint density at radius 3 is 1.23 bits per heavy atom. The molecule has 21 heteroatoms. The average Bonchev–Trinajstić information content (AvgIpc) is 0.810. The predicted molar refractivity (Wildman–Crippen MR) is 484 cm³/mol. The monoisotopic (exact) mass is 1660 g/mol. The second-order valence-corrected chi connectivity index (χ2v) is 28.9. The van der Waals surface area contributed by atoms with Gasteiger partial charge in [0.15, 0.2) is 6.61 Å². The first-order valence-corrected chi connectivity index (χ1v) is 40.0. The van der Waals surface area contributed by atoms with Gasteiger partial charge in [0.05, 0.1) is 55.9 Å². The van der Waals surface area contributed by atoms with Crippen LogP contribution in [0.2, 0.25) is 0 Å². The van der Waals surface area contributed by atoms with Crippen molar-refractivity contribution in [2.24, 2.45) is 5.92 Å². The van der Waals surface area contributed by atoms with E-state index in [1.165, 1.54) is 30.3 Å². The number of carboxylic acids is 4. The number of fused-ring (bicyclic) bond motifs is 1. The molecular formula is C103H94FN5O15. The molecule has 0 fully saturated rings. The Labute approximate surface area is 718 Å². The van der Waals surface area contributed by atoms with Crippen LogP contribution in [0.3, 0.4) is 0 Å². The number of hydrogen-bond donors (Lipinski definition) is 8. The van der Waals surface area contributed by atoms with Gasteiger partial charge in [0.1, 0.15) is 11.6 Å². The van der Waals surface area contributed by atoms with Gasteiger partial charge in [0.2, 0.25) is 29.5 Å². The van der Waals surface area contributed by atoms with E-state index in [1.807, 2.05) is 191 Å². The Hall–Kier alpha value is -15.6. The number of halogens is 1. The third kappa shape index (κ3) is 26.7. The fourth-order valence-corrected chi connectivity index (χ4v) is 12.1. The highest BCUT2D eigenvalue weighted by Crippen LogP contribution is 2.34. The summed E-state index contributed by atoms with van der Waals surface area (Å²) < 4.78 is 25.8. The van der Waals surface area contributed by atoms with Crippen molar-refractivity contribution in [3.05, 3.63) is 356 Å². The molecule has 12 aromatic carbocycles. The summed E-state index contributed by atoms with van der Waals surface area (Å²) in [6.45, 7) is 19.0. The minimum Gasteiger partial charge on any atom is -0.484 e. The van der Waals surface area contributed by atoms with Crippen molar-refractivity contribution in [2.75, 3.05) is 21.3 Å². The number of nitrogens with one attached hydrogen (secondary N) is 4. The zero-order valence-corrected chi connectivity index (χ0v) is 70.2. The standard InChI is InChI=1S/C22H18FNO3.C22H19NO3.C20H21NO3.C20H19NO3.C19H17NO3/c1-2-21(25)24-20-11-9-15(12-18(20)22(26)27)16-8-10-17(19(23)13-16)14-6-4-3-5-7-14;1-2-21(24)23-20-13-12-18(14-19(20)22(25)26)17-10-8-16(9-11-17)15-6-4-3-5-7-15;1-4-14(3)15-7-5-6-8-18(15)23-12-19-21-17-10-9-13(2)11-16(17)20(22)24-19;1-13(2)19(22)21-18-11-10-16(12-17(18)20(23)24)9-8-15-6-4-14(3)5-7-15;1-3-18(21)20-17-11-10-15(12-16(17)19(22)23)9-8-14-6-4-13(2)5-7-14/h3-13H,2H2,1H3,(H,24,25)(H,26,27);3-14H,2H2,1H3,(H,23,24)(H,25,26);5-11,14H,4,12H2,1-3H3;4-7,10-13H,1-3H3,(H,21,22)(H,23,24);4-7,10-12H,3H2,1-2H3,(H,20,21)(H,22,23). The van der Waals surface area contributed by atoms with Crippen LogP contribution in [0.1, 0.15) is 172 Å². The summed E-state index contributed by atoms with van der Waals surface area (Å²) in [5, 5.41) is 48.5. The normalized spacial score (nSPS) is 10.5. The molecule has 1 heterocycles. The number of anilines is 4. The van der Waals surface area contributed by atoms with Crippen LogP contribution >= 0.6 is 0 Å². The number of benzene rings is 12. The number of carboxylic acid groups (broad SMARTS) is 4. The quantitative estimate of drug-likeness (QED) is 0.0310. The van der Waals surface area contributed by atoms with E-state index in [1.54, 1.807) is 95.3 Å². The lowest BCUT2D eigenvalue weighted by Crippen LogP contribution is -2.19. The number of aromatic carboxylic acids is 4. The van der Waals surface area contributed by atoms with Gasteiger partial charge in [-0.2, -0.15) is 0 Å². The number of carbonyl (C=O) groups excluding carboxylic acids is 4. The lowest BCUT2D eigenvalue weighted by Gasteiger charge is -2.15.